The van der Waals surface area contributed by atoms with Gasteiger partial charge in [-0.05, 0) is 67.6 Å². The zero-order valence-electron chi connectivity index (χ0n) is 21.5. The summed E-state index contributed by atoms with van der Waals surface area (Å²) < 4.78 is 110. The highest BCUT2D eigenvalue weighted by Gasteiger charge is 2.40. The van der Waals surface area contributed by atoms with Gasteiger partial charge in [0.2, 0.25) is 0 Å². The summed E-state index contributed by atoms with van der Waals surface area (Å²) in [6, 6.07) is 4.56. The standard InChI is InChI=1S/C24H31F6NO2.C2HF3O2/c25-23(26,27)11-12-31(15-16-3-1-2-4-16)21-10-5-17(14-22(32)33)13-20(21)18-6-8-19(9-7-18)24(28,29)30;3-2(4,5)1(6)7/h6-9,16-17,20-21H,1-5,10-15H2,(H,32,33);(H,6,7)/t17-,20+,21-;/m1./s1. The lowest BCUT2D eigenvalue weighted by Crippen LogP contribution is -2.46. The Hall–Kier alpha value is -2.51. The number of hydrogen-bond acceptors (Lipinski definition) is 3. The quantitative estimate of drug-likeness (QED) is 0.305. The second-order valence-electron chi connectivity index (χ2n) is 10.4. The topological polar surface area (TPSA) is 77.8 Å². The lowest BCUT2D eigenvalue weighted by Gasteiger charge is -2.44. The van der Waals surface area contributed by atoms with Crippen molar-refractivity contribution in [1.82, 2.24) is 4.90 Å². The van der Waals surface area contributed by atoms with Gasteiger partial charge in [-0.3, -0.25) is 9.69 Å². The molecule has 0 heterocycles. The van der Waals surface area contributed by atoms with Crippen molar-refractivity contribution in [2.24, 2.45) is 11.8 Å². The summed E-state index contributed by atoms with van der Waals surface area (Å²) in [4.78, 5) is 22.1. The number of rotatable bonds is 8. The lowest BCUT2D eigenvalue weighted by atomic mass is 9.72. The fraction of sp³-hybridized carbons (Fsp3) is 0.692. The van der Waals surface area contributed by atoms with Gasteiger partial charge in [0.05, 0.1) is 12.0 Å². The smallest absolute Gasteiger partial charge is 0.481 e. The van der Waals surface area contributed by atoms with Gasteiger partial charge in [0.15, 0.2) is 0 Å². The van der Waals surface area contributed by atoms with Gasteiger partial charge in [-0.2, -0.15) is 39.5 Å². The Labute approximate surface area is 225 Å². The molecule has 5 nitrogen and oxygen atoms in total. The van der Waals surface area contributed by atoms with E-state index in [1.165, 1.54) is 12.1 Å². The molecule has 0 bridgehead atoms. The SMILES string of the molecule is O=C(O)C(F)(F)F.O=C(O)C[C@@H]1CC[C@@H](N(CCC(F)(F)F)CC2CCCC2)[C@H](c2ccc(C(F)(F)F)cc2)C1. The first-order chi connectivity index (χ1) is 18.4. The van der Waals surface area contributed by atoms with Crippen LogP contribution in [0.3, 0.4) is 0 Å². The Kier molecular flexibility index (Phi) is 11.7. The van der Waals surface area contributed by atoms with E-state index in [2.05, 4.69) is 0 Å². The van der Waals surface area contributed by atoms with Crippen molar-refractivity contribution < 1.29 is 59.3 Å². The maximum Gasteiger partial charge on any atom is 0.490 e. The minimum atomic E-state index is -5.08. The number of carboxylic acids is 2. The molecule has 0 saturated heterocycles. The Morgan fingerprint density at radius 2 is 1.38 bits per heavy atom. The van der Waals surface area contributed by atoms with Crippen molar-refractivity contribution in [2.45, 2.75) is 88.3 Å². The van der Waals surface area contributed by atoms with Crippen molar-refractivity contribution in [2.75, 3.05) is 13.1 Å². The average molecular weight is 594 g/mol. The van der Waals surface area contributed by atoms with Gasteiger partial charge in [-0.1, -0.05) is 25.0 Å². The van der Waals surface area contributed by atoms with E-state index in [4.69, 9.17) is 9.90 Å². The average Bonchev–Trinajstić information content (AvgIpc) is 3.33. The van der Waals surface area contributed by atoms with Gasteiger partial charge in [0.1, 0.15) is 0 Å². The molecule has 40 heavy (non-hydrogen) atoms. The summed E-state index contributed by atoms with van der Waals surface area (Å²) in [7, 11) is 0. The van der Waals surface area contributed by atoms with E-state index in [9.17, 15) is 49.4 Å². The highest BCUT2D eigenvalue weighted by atomic mass is 19.4. The van der Waals surface area contributed by atoms with E-state index in [1.807, 2.05) is 4.90 Å². The second-order valence-corrected chi connectivity index (χ2v) is 10.4. The predicted octanol–water partition coefficient (Wildman–Crippen LogP) is 7.51. The molecule has 0 radical (unpaired) electrons. The predicted molar refractivity (Wildman–Crippen MR) is 125 cm³/mol. The highest BCUT2D eigenvalue weighted by Crippen LogP contribution is 2.42. The molecule has 1 aromatic rings. The minimum absolute atomic E-state index is 0.0466. The van der Waals surface area contributed by atoms with Crippen molar-refractivity contribution in [3.63, 3.8) is 0 Å². The van der Waals surface area contributed by atoms with Gasteiger partial charge >= 0.3 is 30.5 Å². The zero-order chi connectivity index (χ0) is 30.3. The summed E-state index contributed by atoms with van der Waals surface area (Å²) in [5.41, 5.74) is -0.146. The fourth-order valence-electron chi connectivity index (χ4n) is 5.58. The zero-order valence-corrected chi connectivity index (χ0v) is 21.5. The van der Waals surface area contributed by atoms with Gasteiger partial charge < -0.3 is 10.2 Å². The second kappa shape index (κ2) is 13.9. The Morgan fingerprint density at radius 3 is 1.82 bits per heavy atom. The molecule has 2 aliphatic carbocycles. The maximum absolute atomic E-state index is 13.1. The van der Waals surface area contributed by atoms with Crippen LogP contribution in [0.25, 0.3) is 0 Å². The van der Waals surface area contributed by atoms with Gasteiger partial charge in [-0.25, -0.2) is 4.79 Å². The molecule has 0 spiro atoms. The summed E-state index contributed by atoms with van der Waals surface area (Å²) in [5, 5.41) is 16.4. The first-order valence-electron chi connectivity index (χ1n) is 12.9. The monoisotopic (exact) mass is 593 g/mol. The molecular formula is C26H32F9NO4. The third-order valence-electron chi connectivity index (χ3n) is 7.41. The van der Waals surface area contributed by atoms with Crippen LogP contribution in [0.4, 0.5) is 39.5 Å². The van der Waals surface area contributed by atoms with Crippen LogP contribution in [-0.2, 0) is 15.8 Å². The molecule has 2 N–H and O–H groups in total. The Morgan fingerprint density at radius 1 is 0.825 bits per heavy atom. The van der Waals surface area contributed by atoms with Crippen LogP contribution in [0.1, 0.15) is 74.8 Å². The number of nitrogens with zero attached hydrogens (tertiary/aromatic N) is 1. The molecule has 228 valence electrons. The van der Waals surface area contributed by atoms with Gasteiger partial charge in [0, 0.05) is 25.6 Å². The molecule has 0 aliphatic heterocycles. The van der Waals surface area contributed by atoms with Crippen molar-refractivity contribution in [1.29, 1.82) is 0 Å². The highest BCUT2D eigenvalue weighted by molar-refractivity contribution is 5.73. The van der Waals surface area contributed by atoms with Crippen LogP contribution in [-0.4, -0.2) is 58.5 Å². The molecule has 2 aliphatic rings. The lowest BCUT2D eigenvalue weighted by molar-refractivity contribution is -0.192. The number of benzene rings is 1. The van der Waals surface area contributed by atoms with Crippen molar-refractivity contribution in [3.8, 4) is 0 Å². The summed E-state index contributed by atoms with van der Waals surface area (Å²) in [6.07, 6.45) is -9.20. The van der Waals surface area contributed by atoms with E-state index >= 15 is 0 Å². The number of carbonyl (C=O) groups is 2. The fourth-order valence-corrected chi connectivity index (χ4v) is 5.58. The minimum Gasteiger partial charge on any atom is -0.481 e. The Bertz CT molecular complexity index is 955. The largest absolute Gasteiger partial charge is 0.490 e. The van der Waals surface area contributed by atoms with Crippen molar-refractivity contribution >= 4 is 11.9 Å². The molecular weight excluding hydrogens is 561 g/mol. The molecule has 1 aromatic carbocycles. The van der Waals surface area contributed by atoms with E-state index in [1.54, 1.807) is 0 Å². The van der Waals surface area contributed by atoms with E-state index in [-0.39, 0.29) is 30.8 Å². The number of aliphatic carboxylic acids is 2. The molecule has 2 saturated carbocycles. The van der Waals surface area contributed by atoms with E-state index < -0.39 is 42.5 Å². The molecule has 3 atom stereocenters. The van der Waals surface area contributed by atoms with E-state index in [0.717, 1.165) is 37.8 Å². The number of hydrogen-bond donors (Lipinski definition) is 2. The number of halogens is 9. The molecule has 14 heteroatoms. The van der Waals surface area contributed by atoms with Crippen molar-refractivity contribution in [3.05, 3.63) is 35.4 Å². The Balaban J connectivity index is 0.000000708. The molecule has 0 aromatic heterocycles. The molecule has 0 unspecified atom stereocenters. The first kappa shape index (κ1) is 33.7. The van der Waals surface area contributed by atoms with Crippen LogP contribution in [0.2, 0.25) is 0 Å². The normalized spacial score (nSPS) is 22.6. The summed E-state index contributed by atoms with van der Waals surface area (Å²) in [5.74, 6) is -3.83. The van der Waals surface area contributed by atoms with Gasteiger partial charge in [0.25, 0.3) is 0 Å². The number of carboxylic acid groups (broad SMARTS) is 2. The number of alkyl halides is 9. The van der Waals surface area contributed by atoms with Crippen LogP contribution in [0, 0.1) is 11.8 Å². The third kappa shape index (κ3) is 11.2. The maximum atomic E-state index is 13.1. The molecule has 2 fully saturated rings. The van der Waals surface area contributed by atoms with Crippen LogP contribution in [0.5, 0.6) is 0 Å². The first-order valence-corrected chi connectivity index (χ1v) is 12.9. The summed E-state index contributed by atoms with van der Waals surface area (Å²) >= 11 is 0. The van der Waals surface area contributed by atoms with Crippen LogP contribution in [0.15, 0.2) is 24.3 Å². The van der Waals surface area contributed by atoms with E-state index in [0.29, 0.717) is 37.3 Å². The third-order valence-corrected chi connectivity index (χ3v) is 7.41. The van der Waals surface area contributed by atoms with Crippen LogP contribution < -0.4 is 0 Å². The molecule has 0 amide bonds. The summed E-state index contributed by atoms with van der Waals surface area (Å²) in [6.45, 7) is 0.396. The van der Waals surface area contributed by atoms with Crippen LogP contribution >= 0.6 is 0 Å². The van der Waals surface area contributed by atoms with Gasteiger partial charge in [-0.15, -0.1) is 0 Å². The molecule has 3 rings (SSSR count).